The van der Waals surface area contributed by atoms with Gasteiger partial charge in [-0.25, -0.2) is 0 Å². The van der Waals surface area contributed by atoms with Gasteiger partial charge in [0.05, 0.1) is 0 Å². The van der Waals surface area contributed by atoms with Gasteiger partial charge in [-0.2, -0.15) is 0 Å². The van der Waals surface area contributed by atoms with E-state index in [0.29, 0.717) is 0 Å². The van der Waals surface area contributed by atoms with Crippen molar-refractivity contribution in [1.29, 1.82) is 0 Å². The summed E-state index contributed by atoms with van der Waals surface area (Å²) in [4.78, 5) is 4.90. The zero-order valence-electron chi connectivity index (χ0n) is 9.26. The summed E-state index contributed by atoms with van der Waals surface area (Å²) in [5.74, 6) is 0. The first-order valence-electron chi connectivity index (χ1n) is 5.66. The second-order valence-corrected chi connectivity index (χ2v) is 4.41. The normalized spacial score (nSPS) is 19.6. The van der Waals surface area contributed by atoms with Crippen molar-refractivity contribution in [3.8, 4) is 0 Å². The van der Waals surface area contributed by atoms with E-state index in [1.165, 1.54) is 58.3 Å². The largest absolute Gasteiger partial charge is 0.309 e. The van der Waals surface area contributed by atoms with Crippen LogP contribution in [0.15, 0.2) is 0 Å². The molecule has 0 spiro atoms. The van der Waals surface area contributed by atoms with Crippen molar-refractivity contribution in [2.75, 3.05) is 40.3 Å². The van der Waals surface area contributed by atoms with Crippen LogP contribution in [-0.4, -0.2) is 50.1 Å². The molecule has 0 unspecified atom stereocenters. The minimum absolute atomic E-state index is 1.24. The predicted octanol–water partition coefficient (Wildman–Crippen LogP) is 1.81. The molecule has 0 atom stereocenters. The molecule has 1 heterocycles. The first-order valence-corrected chi connectivity index (χ1v) is 5.66. The van der Waals surface area contributed by atoms with Gasteiger partial charge in [-0.05, 0) is 66.0 Å². The Morgan fingerprint density at radius 1 is 1.00 bits per heavy atom. The molecule has 1 aliphatic rings. The molecule has 0 aromatic heterocycles. The van der Waals surface area contributed by atoms with Gasteiger partial charge in [0, 0.05) is 0 Å². The lowest BCUT2D eigenvalue weighted by Crippen LogP contribution is -2.30. The fraction of sp³-hybridized carbons (Fsp3) is 1.00. The lowest BCUT2D eigenvalue weighted by Gasteiger charge is -2.26. The molecule has 13 heavy (non-hydrogen) atoms. The summed E-state index contributed by atoms with van der Waals surface area (Å²) < 4.78 is 0. The summed E-state index contributed by atoms with van der Waals surface area (Å²) in [7, 11) is 4.31. The van der Waals surface area contributed by atoms with Gasteiger partial charge in [0.1, 0.15) is 0 Å². The van der Waals surface area contributed by atoms with E-state index < -0.39 is 0 Å². The first kappa shape index (κ1) is 11.0. The molecule has 0 aliphatic carbocycles. The molecule has 0 aromatic rings. The Hall–Kier alpha value is -0.0800. The summed E-state index contributed by atoms with van der Waals surface area (Å²) in [6, 6.07) is 0. The van der Waals surface area contributed by atoms with Crippen LogP contribution in [0.1, 0.15) is 32.1 Å². The van der Waals surface area contributed by atoms with Crippen LogP contribution < -0.4 is 0 Å². The Kier molecular flexibility index (Phi) is 5.40. The second kappa shape index (κ2) is 6.39. The molecule has 1 fully saturated rings. The molecule has 0 N–H and O–H groups in total. The Labute approximate surface area is 82.9 Å². The van der Waals surface area contributed by atoms with E-state index >= 15 is 0 Å². The van der Waals surface area contributed by atoms with Gasteiger partial charge >= 0.3 is 0 Å². The SMILES string of the molecule is CN(C)CCCCN1CCCCC1. The van der Waals surface area contributed by atoms with Gasteiger partial charge < -0.3 is 9.80 Å². The highest BCUT2D eigenvalue weighted by atomic mass is 15.1. The molecule has 0 saturated carbocycles. The summed E-state index contributed by atoms with van der Waals surface area (Å²) in [5, 5.41) is 0. The maximum atomic E-state index is 2.62. The van der Waals surface area contributed by atoms with E-state index in [-0.39, 0.29) is 0 Å². The topological polar surface area (TPSA) is 6.48 Å². The first-order chi connectivity index (χ1) is 6.29. The molecule has 0 aromatic carbocycles. The van der Waals surface area contributed by atoms with Crippen molar-refractivity contribution in [2.45, 2.75) is 32.1 Å². The number of piperidine rings is 1. The van der Waals surface area contributed by atoms with E-state index in [1.807, 2.05) is 0 Å². The zero-order chi connectivity index (χ0) is 9.52. The molecule has 1 saturated heterocycles. The maximum absolute atomic E-state index is 2.62. The molecule has 78 valence electrons. The number of rotatable bonds is 5. The highest BCUT2D eigenvalue weighted by Gasteiger charge is 2.08. The summed E-state index contributed by atoms with van der Waals surface area (Å²) in [6.45, 7) is 5.27. The second-order valence-electron chi connectivity index (χ2n) is 4.41. The minimum atomic E-state index is 1.24. The molecule has 2 nitrogen and oxygen atoms in total. The van der Waals surface area contributed by atoms with Crippen molar-refractivity contribution in [1.82, 2.24) is 9.80 Å². The van der Waals surface area contributed by atoms with Crippen LogP contribution in [0.25, 0.3) is 0 Å². The highest BCUT2D eigenvalue weighted by Crippen LogP contribution is 2.09. The van der Waals surface area contributed by atoms with Crippen LogP contribution in [-0.2, 0) is 0 Å². The van der Waals surface area contributed by atoms with Crippen LogP contribution in [0.3, 0.4) is 0 Å². The number of hydrogen-bond acceptors (Lipinski definition) is 2. The summed E-state index contributed by atoms with van der Waals surface area (Å²) in [6.07, 6.45) is 7.03. The average molecular weight is 184 g/mol. The third-order valence-corrected chi connectivity index (χ3v) is 2.78. The maximum Gasteiger partial charge on any atom is -0.00183 e. The molecular formula is C11H24N2. The van der Waals surface area contributed by atoms with Crippen LogP contribution >= 0.6 is 0 Å². The van der Waals surface area contributed by atoms with Crippen molar-refractivity contribution in [3.05, 3.63) is 0 Å². The van der Waals surface area contributed by atoms with Crippen LogP contribution in [0.2, 0.25) is 0 Å². The number of likely N-dealkylation sites (tertiary alicyclic amines) is 1. The van der Waals surface area contributed by atoms with Gasteiger partial charge in [-0.15, -0.1) is 0 Å². The van der Waals surface area contributed by atoms with E-state index in [0.717, 1.165) is 0 Å². The van der Waals surface area contributed by atoms with E-state index in [9.17, 15) is 0 Å². The quantitative estimate of drug-likeness (QED) is 0.601. The highest BCUT2D eigenvalue weighted by molar-refractivity contribution is 4.64. The van der Waals surface area contributed by atoms with Crippen LogP contribution in [0, 0.1) is 0 Å². The molecule has 1 rings (SSSR count). The predicted molar refractivity (Wildman–Crippen MR) is 58.1 cm³/mol. The van der Waals surface area contributed by atoms with Crippen molar-refractivity contribution in [3.63, 3.8) is 0 Å². The van der Waals surface area contributed by atoms with E-state index in [1.54, 1.807) is 0 Å². The Morgan fingerprint density at radius 2 is 1.69 bits per heavy atom. The third-order valence-electron chi connectivity index (χ3n) is 2.78. The Balaban J connectivity index is 1.92. The third kappa shape index (κ3) is 5.27. The molecule has 0 amide bonds. The minimum Gasteiger partial charge on any atom is -0.309 e. The van der Waals surface area contributed by atoms with E-state index in [2.05, 4.69) is 23.9 Å². The van der Waals surface area contributed by atoms with Crippen molar-refractivity contribution < 1.29 is 0 Å². The fourth-order valence-corrected chi connectivity index (χ4v) is 1.95. The number of nitrogens with zero attached hydrogens (tertiary/aromatic N) is 2. The molecule has 0 bridgehead atoms. The summed E-state index contributed by atoms with van der Waals surface area (Å²) >= 11 is 0. The fourth-order valence-electron chi connectivity index (χ4n) is 1.95. The van der Waals surface area contributed by atoms with Crippen LogP contribution in [0.4, 0.5) is 0 Å². The zero-order valence-corrected chi connectivity index (χ0v) is 9.26. The lowest BCUT2D eigenvalue weighted by atomic mass is 10.1. The van der Waals surface area contributed by atoms with Crippen molar-refractivity contribution in [2.24, 2.45) is 0 Å². The number of hydrogen-bond donors (Lipinski definition) is 0. The monoisotopic (exact) mass is 184 g/mol. The molecular weight excluding hydrogens is 160 g/mol. The Morgan fingerprint density at radius 3 is 2.31 bits per heavy atom. The summed E-state index contributed by atoms with van der Waals surface area (Å²) in [5.41, 5.74) is 0. The van der Waals surface area contributed by atoms with Gasteiger partial charge in [-0.1, -0.05) is 6.42 Å². The van der Waals surface area contributed by atoms with Crippen molar-refractivity contribution >= 4 is 0 Å². The van der Waals surface area contributed by atoms with E-state index in [4.69, 9.17) is 0 Å². The molecule has 0 radical (unpaired) electrons. The molecule has 2 heteroatoms. The van der Waals surface area contributed by atoms with Gasteiger partial charge in [0.15, 0.2) is 0 Å². The Bertz CT molecular complexity index is 117. The molecule has 1 aliphatic heterocycles. The smallest absolute Gasteiger partial charge is 0.00183 e. The average Bonchev–Trinajstić information content (AvgIpc) is 2.14. The van der Waals surface area contributed by atoms with Gasteiger partial charge in [-0.3, -0.25) is 0 Å². The standard InChI is InChI=1S/C11H24N2/c1-12(2)8-6-7-11-13-9-4-3-5-10-13/h3-11H2,1-2H3. The van der Waals surface area contributed by atoms with Crippen LogP contribution in [0.5, 0.6) is 0 Å². The van der Waals surface area contributed by atoms with Gasteiger partial charge in [0.2, 0.25) is 0 Å². The lowest BCUT2D eigenvalue weighted by molar-refractivity contribution is 0.221. The van der Waals surface area contributed by atoms with Gasteiger partial charge in [0.25, 0.3) is 0 Å². The number of unbranched alkanes of at least 4 members (excludes halogenated alkanes) is 1.